The maximum atomic E-state index is 14.2. The minimum Gasteiger partial charge on any atom is -0.492 e. The molecule has 158 valence electrons. The molecule has 0 aliphatic carbocycles. The van der Waals surface area contributed by atoms with E-state index in [0.717, 1.165) is 23.4 Å². The lowest BCUT2D eigenvalue weighted by molar-refractivity contribution is 0.183. The summed E-state index contributed by atoms with van der Waals surface area (Å²) < 4.78 is 21.8. The quantitative estimate of drug-likeness (QED) is 0.440. The van der Waals surface area contributed by atoms with Crippen LogP contribution in [0.15, 0.2) is 67.1 Å². The third-order valence-corrected chi connectivity index (χ3v) is 5.83. The molecule has 6 heteroatoms. The Morgan fingerprint density at radius 1 is 0.871 bits per heavy atom. The average Bonchev–Trinajstić information content (AvgIpc) is 3.24. The monoisotopic (exact) mass is 416 g/mol. The molecule has 0 saturated carbocycles. The van der Waals surface area contributed by atoms with Gasteiger partial charge in [0.2, 0.25) is 0 Å². The van der Waals surface area contributed by atoms with Crippen molar-refractivity contribution >= 4 is 5.65 Å². The van der Waals surface area contributed by atoms with Crippen LogP contribution in [0, 0.1) is 5.82 Å². The van der Waals surface area contributed by atoms with Gasteiger partial charge in [-0.3, -0.25) is 4.90 Å². The molecular weight excluding hydrogens is 391 g/mol. The molecule has 1 aliphatic rings. The maximum absolute atomic E-state index is 14.2. The number of hydrogen-bond donors (Lipinski definition) is 0. The van der Waals surface area contributed by atoms with Crippen LogP contribution in [0.1, 0.15) is 19.3 Å². The normalized spacial score (nSPS) is 14.7. The lowest BCUT2D eigenvalue weighted by atomic mass is 10.1. The van der Waals surface area contributed by atoms with Crippen LogP contribution in [-0.2, 0) is 0 Å². The Bertz CT molecular complexity index is 1170. The number of likely N-dealkylation sites (tertiary alicyclic amines) is 1. The van der Waals surface area contributed by atoms with E-state index in [1.54, 1.807) is 29.0 Å². The van der Waals surface area contributed by atoms with Gasteiger partial charge in [0.25, 0.3) is 0 Å². The van der Waals surface area contributed by atoms with Gasteiger partial charge in [-0.2, -0.15) is 5.10 Å². The fourth-order valence-corrected chi connectivity index (χ4v) is 4.11. The molecule has 2 aromatic carbocycles. The predicted octanol–water partition coefficient (Wildman–Crippen LogP) is 5.07. The summed E-state index contributed by atoms with van der Waals surface area (Å²) in [7, 11) is 0. The van der Waals surface area contributed by atoms with Gasteiger partial charge >= 0.3 is 0 Å². The molecular formula is C25H25FN4O. The summed E-state index contributed by atoms with van der Waals surface area (Å²) in [5, 5.41) is 4.38. The fraction of sp³-hybridized carbons (Fsp3) is 0.280. The lowest BCUT2D eigenvalue weighted by Gasteiger charge is -2.26. The molecule has 5 nitrogen and oxygen atoms in total. The van der Waals surface area contributed by atoms with Crippen molar-refractivity contribution in [3.63, 3.8) is 0 Å². The van der Waals surface area contributed by atoms with Gasteiger partial charge in [-0.15, -0.1) is 0 Å². The van der Waals surface area contributed by atoms with Gasteiger partial charge in [0.15, 0.2) is 5.65 Å². The van der Waals surface area contributed by atoms with Crippen LogP contribution in [0.25, 0.3) is 27.9 Å². The van der Waals surface area contributed by atoms with Crippen molar-refractivity contribution < 1.29 is 9.13 Å². The zero-order chi connectivity index (χ0) is 21.0. The second kappa shape index (κ2) is 8.86. The van der Waals surface area contributed by atoms with Crippen LogP contribution in [0.3, 0.4) is 0 Å². The third-order valence-electron chi connectivity index (χ3n) is 5.83. The Hall–Kier alpha value is -3.25. The molecule has 0 atom stereocenters. The van der Waals surface area contributed by atoms with Gasteiger partial charge in [0.1, 0.15) is 18.2 Å². The molecule has 0 amide bonds. The van der Waals surface area contributed by atoms with Crippen LogP contribution in [0.2, 0.25) is 0 Å². The lowest BCUT2D eigenvalue weighted by Crippen LogP contribution is -2.33. The van der Waals surface area contributed by atoms with Crippen molar-refractivity contribution in [1.29, 1.82) is 0 Å². The Labute approximate surface area is 181 Å². The van der Waals surface area contributed by atoms with Crippen molar-refractivity contribution in [2.24, 2.45) is 0 Å². The van der Waals surface area contributed by atoms with E-state index < -0.39 is 0 Å². The molecule has 5 rings (SSSR count). The first-order chi connectivity index (χ1) is 15.3. The summed E-state index contributed by atoms with van der Waals surface area (Å²) in [5.74, 6) is 0.592. The summed E-state index contributed by atoms with van der Waals surface area (Å²) >= 11 is 0. The smallest absolute Gasteiger partial charge is 0.162 e. The molecule has 2 aromatic heterocycles. The van der Waals surface area contributed by atoms with E-state index >= 15 is 0 Å². The van der Waals surface area contributed by atoms with E-state index in [9.17, 15) is 4.39 Å². The van der Waals surface area contributed by atoms with Crippen LogP contribution in [0.4, 0.5) is 4.39 Å². The zero-order valence-corrected chi connectivity index (χ0v) is 17.4. The molecule has 0 N–H and O–H groups in total. The molecule has 1 fully saturated rings. The van der Waals surface area contributed by atoms with Gasteiger partial charge in [-0.05, 0) is 49.7 Å². The number of rotatable bonds is 6. The molecule has 0 radical (unpaired) electrons. The Morgan fingerprint density at radius 3 is 2.48 bits per heavy atom. The Kier molecular flexibility index (Phi) is 5.63. The average molecular weight is 417 g/mol. The molecule has 31 heavy (non-hydrogen) atoms. The number of aromatic nitrogens is 3. The van der Waals surface area contributed by atoms with E-state index in [1.165, 1.54) is 38.4 Å². The van der Waals surface area contributed by atoms with Gasteiger partial charge < -0.3 is 4.74 Å². The zero-order valence-electron chi connectivity index (χ0n) is 17.4. The number of fused-ring (bicyclic) bond motifs is 1. The van der Waals surface area contributed by atoms with Gasteiger partial charge in [0.05, 0.1) is 6.20 Å². The number of benzene rings is 2. The van der Waals surface area contributed by atoms with E-state index in [-0.39, 0.29) is 5.82 Å². The molecule has 3 heterocycles. The number of halogens is 1. The van der Waals surface area contributed by atoms with E-state index in [1.807, 2.05) is 36.5 Å². The minimum absolute atomic E-state index is 0.279. The topological polar surface area (TPSA) is 42.7 Å². The summed E-state index contributed by atoms with van der Waals surface area (Å²) in [5.41, 5.74) is 3.79. The number of hydrogen-bond acceptors (Lipinski definition) is 4. The SMILES string of the molecule is Fc1ccccc1-c1cnn2cc(-c3ccc(OCCN4CCCCC4)cc3)cnc12. The molecule has 4 aromatic rings. The van der Waals surface area contributed by atoms with Crippen LogP contribution >= 0.6 is 0 Å². The Morgan fingerprint density at radius 2 is 1.68 bits per heavy atom. The summed E-state index contributed by atoms with van der Waals surface area (Å²) in [6, 6.07) is 14.7. The molecule has 1 saturated heterocycles. The highest BCUT2D eigenvalue weighted by Crippen LogP contribution is 2.28. The van der Waals surface area contributed by atoms with E-state index in [2.05, 4.69) is 15.0 Å². The number of ether oxygens (including phenoxy) is 1. The van der Waals surface area contributed by atoms with Gasteiger partial charge in [-0.1, -0.05) is 36.8 Å². The highest BCUT2D eigenvalue weighted by molar-refractivity contribution is 5.78. The van der Waals surface area contributed by atoms with Gasteiger partial charge in [-0.25, -0.2) is 13.9 Å². The predicted molar refractivity (Wildman–Crippen MR) is 120 cm³/mol. The fourth-order valence-electron chi connectivity index (χ4n) is 4.11. The standard InChI is InChI=1S/C25H25FN4O/c26-24-7-3-2-6-22(24)23-17-28-30-18-20(16-27-25(23)30)19-8-10-21(11-9-19)31-15-14-29-12-4-1-5-13-29/h2-3,6-11,16-18H,1,4-5,12-15H2. The maximum Gasteiger partial charge on any atom is 0.162 e. The summed E-state index contributed by atoms with van der Waals surface area (Å²) in [6.07, 6.45) is 9.31. The van der Waals surface area contributed by atoms with Crippen LogP contribution < -0.4 is 4.74 Å². The second-order valence-electron chi connectivity index (χ2n) is 7.92. The molecule has 1 aliphatic heterocycles. The van der Waals surface area contributed by atoms with Crippen LogP contribution in [0.5, 0.6) is 5.75 Å². The second-order valence-corrected chi connectivity index (χ2v) is 7.92. The van der Waals surface area contributed by atoms with E-state index in [0.29, 0.717) is 23.4 Å². The molecule has 0 unspecified atom stereocenters. The van der Waals surface area contributed by atoms with Crippen molar-refractivity contribution in [2.75, 3.05) is 26.2 Å². The highest BCUT2D eigenvalue weighted by atomic mass is 19.1. The van der Waals surface area contributed by atoms with Crippen molar-refractivity contribution in [2.45, 2.75) is 19.3 Å². The van der Waals surface area contributed by atoms with Crippen molar-refractivity contribution in [1.82, 2.24) is 19.5 Å². The van der Waals surface area contributed by atoms with Crippen molar-refractivity contribution in [3.05, 3.63) is 72.9 Å². The van der Waals surface area contributed by atoms with Crippen molar-refractivity contribution in [3.8, 4) is 28.0 Å². The molecule has 0 spiro atoms. The first-order valence-corrected chi connectivity index (χ1v) is 10.8. The highest BCUT2D eigenvalue weighted by Gasteiger charge is 2.13. The first-order valence-electron chi connectivity index (χ1n) is 10.8. The molecule has 0 bridgehead atoms. The van der Waals surface area contributed by atoms with Crippen LogP contribution in [-0.4, -0.2) is 45.7 Å². The van der Waals surface area contributed by atoms with Gasteiger partial charge in [0, 0.05) is 35.6 Å². The summed E-state index contributed by atoms with van der Waals surface area (Å²) in [4.78, 5) is 7.03. The minimum atomic E-state index is -0.279. The Balaban J connectivity index is 1.29. The third kappa shape index (κ3) is 4.30. The largest absolute Gasteiger partial charge is 0.492 e. The summed E-state index contributed by atoms with van der Waals surface area (Å²) in [6.45, 7) is 4.05. The number of piperidine rings is 1. The first kappa shape index (κ1) is 19.7. The van der Waals surface area contributed by atoms with E-state index in [4.69, 9.17) is 4.74 Å². The number of nitrogens with zero attached hydrogens (tertiary/aromatic N) is 4.